The number of benzene rings is 1. The van der Waals surface area contributed by atoms with Gasteiger partial charge in [0.2, 0.25) is 0 Å². The molecule has 0 radical (unpaired) electrons. The van der Waals surface area contributed by atoms with E-state index in [2.05, 4.69) is 0 Å². The third-order valence-corrected chi connectivity index (χ3v) is 5.37. The van der Waals surface area contributed by atoms with E-state index in [1.54, 1.807) is 20.8 Å². The number of nitrogens with two attached hydrogens (primary N) is 1. The molecular weight excluding hydrogens is 282 g/mol. The maximum atomic E-state index is 11.9. The quantitative estimate of drug-likeness (QED) is 0.799. The van der Waals surface area contributed by atoms with E-state index >= 15 is 0 Å². The molecule has 0 fully saturated rings. The topological polar surface area (TPSA) is 107 Å². The van der Waals surface area contributed by atoms with Gasteiger partial charge < -0.3 is 15.6 Å². The number of rotatable bonds is 5. The lowest BCUT2D eigenvalue weighted by molar-refractivity contribution is 0.0696. The second-order valence-corrected chi connectivity index (χ2v) is 8.20. The van der Waals surface area contributed by atoms with Gasteiger partial charge in [0.25, 0.3) is 0 Å². The SMILES string of the molecule is CC(C)(C)S(=O)(=O)CCOc1cc(C(=O)O)ccc1N. The summed E-state index contributed by atoms with van der Waals surface area (Å²) in [6.07, 6.45) is 0. The molecule has 20 heavy (non-hydrogen) atoms. The van der Waals surface area contributed by atoms with Crippen molar-refractivity contribution in [3.8, 4) is 5.75 Å². The van der Waals surface area contributed by atoms with Crippen molar-refractivity contribution in [2.24, 2.45) is 0 Å². The Balaban J connectivity index is 2.77. The van der Waals surface area contributed by atoms with Gasteiger partial charge >= 0.3 is 5.97 Å². The largest absolute Gasteiger partial charge is 0.490 e. The van der Waals surface area contributed by atoms with Crippen LogP contribution in [0.5, 0.6) is 5.75 Å². The zero-order valence-electron chi connectivity index (χ0n) is 11.7. The van der Waals surface area contributed by atoms with Crippen LogP contribution in [-0.4, -0.2) is 36.6 Å². The van der Waals surface area contributed by atoms with Crippen LogP contribution in [0.2, 0.25) is 0 Å². The Labute approximate surface area is 118 Å². The monoisotopic (exact) mass is 301 g/mol. The number of nitrogen functional groups attached to an aromatic ring is 1. The van der Waals surface area contributed by atoms with Gasteiger partial charge in [0, 0.05) is 0 Å². The second kappa shape index (κ2) is 5.70. The van der Waals surface area contributed by atoms with Gasteiger partial charge in [0.05, 0.1) is 21.8 Å². The zero-order valence-corrected chi connectivity index (χ0v) is 12.5. The van der Waals surface area contributed by atoms with Gasteiger partial charge in [-0.1, -0.05) is 0 Å². The molecule has 0 unspecified atom stereocenters. The summed E-state index contributed by atoms with van der Waals surface area (Å²) in [7, 11) is -3.29. The first-order chi connectivity index (χ1) is 9.04. The number of carbonyl (C=O) groups is 1. The van der Waals surface area contributed by atoms with Crippen molar-refractivity contribution in [1.29, 1.82) is 0 Å². The first-order valence-electron chi connectivity index (χ1n) is 6.02. The van der Waals surface area contributed by atoms with Crippen molar-refractivity contribution in [3.05, 3.63) is 23.8 Å². The number of anilines is 1. The molecule has 7 heteroatoms. The minimum atomic E-state index is -3.29. The average Bonchev–Trinajstić information content (AvgIpc) is 2.29. The van der Waals surface area contributed by atoms with Gasteiger partial charge in [0.1, 0.15) is 12.4 Å². The molecule has 6 nitrogen and oxygen atoms in total. The van der Waals surface area contributed by atoms with Crippen LogP contribution in [0.3, 0.4) is 0 Å². The molecule has 0 aliphatic rings. The van der Waals surface area contributed by atoms with Gasteiger partial charge in [-0.05, 0) is 39.0 Å². The van der Waals surface area contributed by atoms with Gasteiger partial charge in [-0.15, -0.1) is 0 Å². The Morgan fingerprint density at radius 3 is 2.45 bits per heavy atom. The highest BCUT2D eigenvalue weighted by molar-refractivity contribution is 7.92. The number of carboxylic acid groups (broad SMARTS) is 1. The summed E-state index contributed by atoms with van der Waals surface area (Å²) in [6, 6.07) is 4.05. The van der Waals surface area contributed by atoms with Crippen molar-refractivity contribution in [2.75, 3.05) is 18.1 Å². The van der Waals surface area contributed by atoms with Crippen molar-refractivity contribution in [2.45, 2.75) is 25.5 Å². The summed E-state index contributed by atoms with van der Waals surface area (Å²) in [5.41, 5.74) is 5.96. The van der Waals surface area contributed by atoms with Crippen LogP contribution in [0.4, 0.5) is 5.69 Å². The normalized spacial score (nSPS) is 12.2. The number of sulfone groups is 1. The van der Waals surface area contributed by atoms with E-state index in [1.165, 1.54) is 18.2 Å². The number of hydrogen-bond donors (Lipinski definition) is 2. The van der Waals surface area contributed by atoms with Crippen LogP contribution < -0.4 is 10.5 Å². The third-order valence-electron chi connectivity index (χ3n) is 2.80. The van der Waals surface area contributed by atoms with Gasteiger partial charge in [-0.2, -0.15) is 0 Å². The molecule has 0 heterocycles. The highest BCUT2D eigenvalue weighted by atomic mass is 32.2. The minimum absolute atomic E-state index is 0.0351. The second-order valence-electron chi connectivity index (χ2n) is 5.34. The molecule has 3 N–H and O–H groups in total. The summed E-state index contributed by atoms with van der Waals surface area (Å²) >= 11 is 0. The molecular formula is C13H19NO5S. The van der Waals surface area contributed by atoms with Crippen LogP contribution in [0.15, 0.2) is 18.2 Å². The Hall–Kier alpha value is -1.76. The smallest absolute Gasteiger partial charge is 0.335 e. The minimum Gasteiger partial charge on any atom is -0.490 e. The van der Waals surface area contributed by atoms with Crippen molar-refractivity contribution >= 4 is 21.5 Å². The van der Waals surface area contributed by atoms with Crippen molar-refractivity contribution in [1.82, 2.24) is 0 Å². The summed E-state index contributed by atoms with van der Waals surface area (Å²) in [5, 5.41) is 8.87. The van der Waals surface area contributed by atoms with Crippen LogP contribution in [0.1, 0.15) is 31.1 Å². The number of carboxylic acids is 1. The molecule has 0 saturated heterocycles. The van der Waals surface area contributed by atoms with E-state index in [9.17, 15) is 13.2 Å². The molecule has 112 valence electrons. The maximum Gasteiger partial charge on any atom is 0.335 e. The highest BCUT2D eigenvalue weighted by Gasteiger charge is 2.28. The Kier molecular flexibility index (Phi) is 4.65. The molecule has 0 aliphatic heterocycles. The van der Waals surface area contributed by atoms with Crippen LogP contribution >= 0.6 is 0 Å². The maximum absolute atomic E-state index is 11.9. The van der Waals surface area contributed by atoms with Crippen LogP contribution in [-0.2, 0) is 9.84 Å². The summed E-state index contributed by atoms with van der Waals surface area (Å²) in [6.45, 7) is 4.76. The van der Waals surface area contributed by atoms with E-state index in [4.69, 9.17) is 15.6 Å². The Morgan fingerprint density at radius 1 is 1.35 bits per heavy atom. The standard InChI is InChI=1S/C13H19NO5S/c1-13(2,3)20(17,18)7-6-19-11-8-9(12(15)16)4-5-10(11)14/h4-5,8H,6-7,14H2,1-3H3,(H,15,16). The molecule has 0 bridgehead atoms. The zero-order chi connectivity index (χ0) is 15.6. The number of ether oxygens (including phenoxy) is 1. The molecule has 0 saturated carbocycles. The summed E-state index contributed by atoms with van der Waals surface area (Å²) < 4.78 is 28.2. The first kappa shape index (κ1) is 16.3. The van der Waals surface area contributed by atoms with Gasteiger partial charge in [-0.25, -0.2) is 13.2 Å². The van der Waals surface area contributed by atoms with E-state index in [-0.39, 0.29) is 29.4 Å². The fourth-order valence-electron chi connectivity index (χ4n) is 1.36. The Morgan fingerprint density at radius 2 is 1.95 bits per heavy atom. The van der Waals surface area contributed by atoms with Crippen LogP contribution in [0, 0.1) is 0 Å². The van der Waals surface area contributed by atoms with Crippen molar-refractivity contribution < 1.29 is 23.1 Å². The van der Waals surface area contributed by atoms with E-state index in [0.717, 1.165) is 0 Å². The lowest BCUT2D eigenvalue weighted by Gasteiger charge is -2.19. The molecule has 1 aromatic carbocycles. The van der Waals surface area contributed by atoms with Crippen LogP contribution in [0.25, 0.3) is 0 Å². The lowest BCUT2D eigenvalue weighted by atomic mass is 10.2. The molecule has 0 spiro atoms. The van der Waals surface area contributed by atoms with Crippen molar-refractivity contribution in [3.63, 3.8) is 0 Å². The highest BCUT2D eigenvalue weighted by Crippen LogP contribution is 2.23. The molecule has 0 atom stereocenters. The predicted octanol–water partition coefficient (Wildman–Crippen LogP) is 1.56. The fraction of sp³-hybridized carbons (Fsp3) is 0.462. The fourth-order valence-corrected chi connectivity index (χ4v) is 2.28. The summed E-state index contributed by atoms with van der Waals surface area (Å²) in [4.78, 5) is 10.8. The molecule has 1 aromatic rings. The Bertz CT molecular complexity index is 602. The summed E-state index contributed by atoms with van der Waals surface area (Å²) in [5.74, 6) is -1.08. The van der Waals surface area contributed by atoms with E-state index in [0.29, 0.717) is 0 Å². The van der Waals surface area contributed by atoms with Gasteiger partial charge in [-0.3, -0.25) is 0 Å². The molecule has 0 amide bonds. The number of hydrogen-bond acceptors (Lipinski definition) is 5. The molecule has 0 aromatic heterocycles. The van der Waals surface area contributed by atoms with E-state index in [1.807, 2.05) is 0 Å². The predicted molar refractivity (Wildman–Crippen MR) is 76.8 cm³/mol. The third kappa shape index (κ3) is 3.86. The first-order valence-corrected chi connectivity index (χ1v) is 7.68. The lowest BCUT2D eigenvalue weighted by Crippen LogP contribution is -2.32. The van der Waals surface area contributed by atoms with Gasteiger partial charge in [0.15, 0.2) is 9.84 Å². The van der Waals surface area contributed by atoms with E-state index < -0.39 is 20.6 Å². The number of aromatic carboxylic acids is 1. The molecule has 0 aliphatic carbocycles. The molecule has 1 rings (SSSR count). The average molecular weight is 301 g/mol.